The third kappa shape index (κ3) is 5.91. The van der Waals surface area contributed by atoms with E-state index in [0.29, 0.717) is 23.9 Å². The number of aromatic amines is 1. The lowest BCUT2D eigenvalue weighted by atomic mass is 10.1. The quantitative estimate of drug-likeness (QED) is 0.489. The van der Waals surface area contributed by atoms with Crippen molar-refractivity contribution in [2.45, 2.75) is 95.1 Å². The van der Waals surface area contributed by atoms with Gasteiger partial charge >= 0.3 is 5.69 Å². The Balaban J connectivity index is 2.51. The molecule has 0 amide bonds. The smallest absolute Gasteiger partial charge is 0.330 e. The second kappa shape index (κ2) is 8.78. The number of aromatic nitrogens is 2. The molecule has 0 bridgehead atoms. The number of H-pyrrole nitrogens is 1. The molecule has 1 aromatic heterocycles. The predicted molar refractivity (Wildman–Crippen MR) is 121 cm³/mol. The van der Waals surface area contributed by atoms with E-state index >= 15 is 0 Å². The zero-order valence-corrected chi connectivity index (χ0v) is 21.5. The zero-order chi connectivity index (χ0) is 22.2. The van der Waals surface area contributed by atoms with E-state index in [1.54, 1.807) is 10.8 Å². The van der Waals surface area contributed by atoms with E-state index in [4.69, 9.17) is 14.2 Å². The molecule has 29 heavy (non-hydrogen) atoms. The van der Waals surface area contributed by atoms with Crippen LogP contribution in [0.5, 0.6) is 0 Å². The van der Waals surface area contributed by atoms with Crippen LogP contribution in [0.15, 0.2) is 15.8 Å². The molecule has 0 radical (unpaired) electrons. The Bertz CT molecular complexity index is 824. The SMILES string of the molecule is C[SiH](C)[C@]1(n2cc(CBr)c(=O)[nH]c2=O)C[C@H](OC(C)(C)C)[C@@H](COC(C)(C)C)O1. The van der Waals surface area contributed by atoms with Crippen LogP contribution >= 0.6 is 15.9 Å². The molecule has 2 heterocycles. The summed E-state index contributed by atoms with van der Waals surface area (Å²) < 4.78 is 20.6. The Morgan fingerprint density at radius 1 is 1.24 bits per heavy atom. The second-order valence-corrected chi connectivity index (χ2v) is 13.7. The van der Waals surface area contributed by atoms with Crippen LogP contribution in [0.25, 0.3) is 0 Å². The van der Waals surface area contributed by atoms with Gasteiger partial charge in [-0.05, 0) is 41.5 Å². The number of hydrogen-bond acceptors (Lipinski definition) is 5. The molecule has 1 aliphatic rings. The molecule has 1 saturated heterocycles. The molecule has 0 spiro atoms. The van der Waals surface area contributed by atoms with Gasteiger partial charge in [0.15, 0.2) is 0 Å². The average Bonchev–Trinajstić information content (AvgIpc) is 2.90. The van der Waals surface area contributed by atoms with Crippen molar-refractivity contribution >= 4 is 24.7 Å². The van der Waals surface area contributed by atoms with E-state index in [1.807, 2.05) is 41.5 Å². The monoisotopic (exact) mass is 490 g/mol. The number of ether oxygens (including phenoxy) is 3. The summed E-state index contributed by atoms with van der Waals surface area (Å²) in [5.74, 6) is 0. The number of hydrogen-bond donors (Lipinski definition) is 1. The summed E-state index contributed by atoms with van der Waals surface area (Å²) in [5.41, 5.74) is -1.01. The van der Waals surface area contributed by atoms with Gasteiger partial charge in [-0.3, -0.25) is 14.3 Å². The van der Waals surface area contributed by atoms with Crippen molar-refractivity contribution < 1.29 is 14.2 Å². The van der Waals surface area contributed by atoms with E-state index in [9.17, 15) is 9.59 Å². The van der Waals surface area contributed by atoms with E-state index in [0.717, 1.165) is 0 Å². The van der Waals surface area contributed by atoms with Gasteiger partial charge in [0.1, 0.15) is 11.5 Å². The summed E-state index contributed by atoms with van der Waals surface area (Å²) in [7, 11) is -1.60. The summed E-state index contributed by atoms with van der Waals surface area (Å²) in [6.07, 6.45) is 1.64. The molecule has 1 aliphatic heterocycles. The van der Waals surface area contributed by atoms with Gasteiger partial charge in [0.2, 0.25) is 0 Å². The van der Waals surface area contributed by atoms with Crippen LogP contribution in [0.4, 0.5) is 0 Å². The van der Waals surface area contributed by atoms with E-state index in [-0.39, 0.29) is 29.0 Å². The van der Waals surface area contributed by atoms with Crippen molar-refractivity contribution in [1.82, 2.24) is 9.55 Å². The fraction of sp³-hybridized carbons (Fsp3) is 0.800. The summed E-state index contributed by atoms with van der Waals surface area (Å²) in [5, 5.41) is -0.448. The van der Waals surface area contributed by atoms with E-state index in [1.165, 1.54) is 0 Å². The number of alkyl halides is 1. The Labute approximate surface area is 182 Å². The van der Waals surface area contributed by atoms with E-state index < -0.39 is 19.8 Å². The van der Waals surface area contributed by atoms with Crippen LogP contribution in [0, 0.1) is 0 Å². The van der Waals surface area contributed by atoms with Gasteiger partial charge in [0.25, 0.3) is 5.56 Å². The van der Waals surface area contributed by atoms with Crippen molar-refractivity contribution in [3.05, 3.63) is 32.6 Å². The number of nitrogens with one attached hydrogen (secondary N) is 1. The summed E-state index contributed by atoms with van der Waals surface area (Å²) >= 11 is 3.33. The number of rotatable bonds is 6. The van der Waals surface area contributed by atoms with Crippen LogP contribution in [-0.2, 0) is 24.9 Å². The highest BCUT2D eigenvalue weighted by Gasteiger charge is 2.52. The molecule has 1 N–H and O–H groups in total. The Morgan fingerprint density at radius 3 is 2.34 bits per heavy atom. The fourth-order valence-electron chi connectivity index (χ4n) is 3.54. The van der Waals surface area contributed by atoms with Crippen LogP contribution in [0.2, 0.25) is 13.1 Å². The summed E-state index contributed by atoms with van der Waals surface area (Å²) in [4.78, 5) is 27.3. The van der Waals surface area contributed by atoms with Crippen molar-refractivity contribution in [3.63, 3.8) is 0 Å². The lowest BCUT2D eigenvalue weighted by molar-refractivity contribution is -0.139. The molecule has 2 rings (SSSR count). The third-order valence-corrected chi connectivity index (χ3v) is 7.98. The molecule has 1 aromatic rings. The summed E-state index contributed by atoms with van der Waals surface area (Å²) in [6.45, 7) is 16.7. The van der Waals surface area contributed by atoms with Gasteiger partial charge in [-0.25, -0.2) is 4.79 Å². The minimum absolute atomic E-state index is 0.224. The third-order valence-electron chi connectivity index (χ3n) is 4.92. The molecule has 0 saturated carbocycles. The van der Waals surface area contributed by atoms with E-state index in [2.05, 4.69) is 34.0 Å². The molecule has 0 aromatic carbocycles. The van der Waals surface area contributed by atoms with Gasteiger partial charge < -0.3 is 14.2 Å². The number of halogens is 1. The van der Waals surface area contributed by atoms with Crippen molar-refractivity contribution in [3.8, 4) is 0 Å². The van der Waals surface area contributed by atoms with Crippen LogP contribution < -0.4 is 11.2 Å². The fourth-order valence-corrected chi connectivity index (χ4v) is 5.84. The van der Waals surface area contributed by atoms with Crippen LogP contribution in [-0.4, -0.2) is 48.4 Å². The molecular formula is C20H35BrN2O5Si. The molecule has 0 aliphatic carbocycles. The van der Waals surface area contributed by atoms with Gasteiger partial charge in [-0.1, -0.05) is 29.0 Å². The maximum atomic E-state index is 12.8. The molecule has 166 valence electrons. The van der Waals surface area contributed by atoms with Crippen molar-refractivity contribution in [2.75, 3.05) is 6.61 Å². The first-order valence-corrected chi connectivity index (χ1v) is 14.1. The first kappa shape index (κ1) is 24.5. The van der Waals surface area contributed by atoms with Crippen LogP contribution in [0.1, 0.15) is 53.5 Å². The Morgan fingerprint density at radius 2 is 1.86 bits per heavy atom. The lowest BCUT2D eigenvalue weighted by Crippen LogP contribution is -2.52. The first-order valence-electron chi connectivity index (χ1n) is 10.1. The summed E-state index contributed by atoms with van der Waals surface area (Å²) in [6, 6.07) is 0. The minimum atomic E-state index is -1.60. The molecule has 0 unspecified atom stereocenters. The highest BCUT2D eigenvalue weighted by Crippen LogP contribution is 2.40. The van der Waals surface area contributed by atoms with Gasteiger partial charge in [-0.15, -0.1) is 0 Å². The maximum absolute atomic E-state index is 12.8. The molecule has 7 nitrogen and oxygen atoms in total. The van der Waals surface area contributed by atoms with Gasteiger partial charge in [0, 0.05) is 23.5 Å². The maximum Gasteiger partial charge on any atom is 0.330 e. The average molecular weight is 491 g/mol. The zero-order valence-electron chi connectivity index (χ0n) is 18.8. The number of nitrogens with zero attached hydrogens (tertiary/aromatic N) is 1. The molecular weight excluding hydrogens is 456 g/mol. The minimum Gasteiger partial charge on any atom is -0.373 e. The standard InChI is InChI=1S/C20H35BrN2O5Si/c1-18(2,3)26-12-15-14(27-19(4,5)6)9-20(28-15,29(7)8)23-11-13(10-21)16(24)22-17(23)25/h11,14-15,29H,9-10,12H2,1-8H3,(H,22,24,25)/t14-,15+,20-/m0/s1. The Hall–Kier alpha value is -0.743. The van der Waals surface area contributed by atoms with Crippen molar-refractivity contribution in [1.29, 1.82) is 0 Å². The van der Waals surface area contributed by atoms with Crippen LogP contribution in [0.3, 0.4) is 0 Å². The molecule has 1 fully saturated rings. The second-order valence-electron chi connectivity index (χ2n) is 9.97. The largest absolute Gasteiger partial charge is 0.373 e. The molecule has 9 heteroatoms. The van der Waals surface area contributed by atoms with Gasteiger partial charge in [0.05, 0.1) is 32.7 Å². The normalized spacial score (nSPS) is 25.7. The predicted octanol–water partition coefficient (Wildman–Crippen LogP) is 2.90. The highest BCUT2D eigenvalue weighted by atomic mass is 79.9. The molecule has 3 atom stereocenters. The topological polar surface area (TPSA) is 82.6 Å². The van der Waals surface area contributed by atoms with Crippen molar-refractivity contribution in [2.24, 2.45) is 0 Å². The first-order chi connectivity index (χ1) is 13.2. The van der Waals surface area contributed by atoms with Gasteiger partial charge in [-0.2, -0.15) is 0 Å². The lowest BCUT2D eigenvalue weighted by Gasteiger charge is -2.35. The Kier molecular flexibility index (Phi) is 7.43. The highest BCUT2D eigenvalue weighted by molar-refractivity contribution is 9.08.